The van der Waals surface area contributed by atoms with Gasteiger partial charge in [-0.3, -0.25) is 0 Å². The average Bonchev–Trinajstić information content (AvgIpc) is 3.20. The first-order chi connectivity index (χ1) is 12.3. The van der Waals surface area contributed by atoms with E-state index in [2.05, 4.69) is 17.4 Å². The molecule has 3 rings (SSSR count). The molecule has 5 heteroatoms. The van der Waals surface area contributed by atoms with E-state index in [0.29, 0.717) is 13.2 Å². The van der Waals surface area contributed by atoms with Crippen LogP contribution in [0.5, 0.6) is 0 Å². The molecule has 0 aliphatic carbocycles. The van der Waals surface area contributed by atoms with Crippen molar-refractivity contribution in [2.45, 2.75) is 31.8 Å². The molecule has 25 heavy (non-hydrogen) atoms. The molecular weight excluding hydrogens is 318 g/mol. The minimum atomic E-state index is -0.457. The molecule has 132 valence electrons. The summed E-state index contributed by atoms with van der Waals surface area (Å²) in [4.78, 5) is 12.2. The highest BCUT2D eigenvalue weighted by Crippen LogP contribution is 2.15. The quantitative estimate of drug-likeness (QED) is 0.840. The SMILES string of the molecule is O=C(N[C@@H](CCc1ccccc1)C1OCCO1)OCc1ccccc1. The molecule has 1 atom stereocenters. The molecular formula is C20H23NO4. The minimum Gasteiger partial charge on any atom is -0.445 e. The van der Waals surface area contributed by atoms with E-state index in [4.69, 9.17) is 14.2 Å². The number of hydrogen-bond donors (Lipinski definition) is 1. The molecule has 0 spiro atoms. The highest BCUT2D eigenvalue weighted by molar-refractivity contribution is 5.67. The van der Waals surface area contributed by atoms with Gasteiger partial charge in [0.1, 0.15) is 6.61 Å². The van der Waals surface area contributed by atoms with E-state index in [1.165, 1.54) is 5.56 Å². The molecule has 0 bridgehead atoms. The Kier molecular flexibility index (Phi) is 6.42. The predicted octanol–water partition coefficient (Wildman–Crippen LogP) is 3.29. The van der Waals surface area contributed by atoms with Crippen molar-refractivity contribution in [3.63, 3.8) is 0 Å². The third-order valence-electron chi connectivity index (χ3n) is 4.08. The monoisotopic (exact) mass is 341 g/mol. The van der Waals surface area contributed by atoms with E-state index in [1.807, 2.05) is 48.5 Å². The molecule has 1 heterocycles. The Labute approximate surface area is 147 Å². The van der Waals surface area contributed by atoms with Crippen LogP contribution < -0.4 is 5.32 Å². The van der Waals surface area contributed by atoms with Gasteiger partial charge in [-0.25, -0.2) is 4.79 Å². The summed E-state index contributed by atoms with van der Waals surface area (Å²) in [6, 6.07) is 19.5. The average molecular weight is 341 g/mol. The number of carbonyl (C=O) groups is 1. The Bertz CT molecular complexity index is 641. The van der Waals surface area contributed by atoms with Gasteiger partial charge in [0.05, 0.1) is 19.3 Å². The molecule has 1 amide bonds. The third kappa shape index (κ3) is 5.59. The molecule has 1 aliphatic rings. The summed E-state index contributed by atoms with van der Waals surface area (Å²) in [5.74, 6) is 0. The van der Waals surface area contributed by atoms with Crippen molar-refractivity contribution in [3.05, 3.63) is 71.8 Å². The summed E-state index contributed by atoms with van der Waals surface area (Å²) in [5.41, 5.74) is 2.16. The maximum absolute atomic E-state index is 12.2. The molecule has 0 unspecified atom stereocenters. The molecule has 0 radical (unpaired) electrons. The van der Waals surface area contributed by atoms with E-state index in [1.54, 1.807) is 0 Å². The van der Waals surface area contributed by atoms with Crippen molar-refractivity contribution >= 4 is 6.09 Å². The molecule has 2 aromatic carbocycles. The number of nitrogens with one attached hydrogen (secondary N) is 1. The summed E-state index contributed by atoms with van der Waals surface area (Å²) >= 11 is 0. The zero-order valence-corrected chi connectivity index (χ0v) is 14.1. The first-order valence-electron chi connectivity index (χ1n) is 8.55. The fourth-order valence-electron chi connectivity index (χ4n) is 2.77. The van der Waals surface area contributed by atoms with Crippen molar-refractivity contribution in [2.24, 2.45) is 0 Å². The number of rotatable bonds is 7. The van der Waals surface area contributed by atoms with Gasteiger partial charge >= 0.3 is 6.09 Å². The van der Waals surface area contributed by atoms with Crippen molar-refractivity contribution in [2.75, 3.05) is 13.2 Å². The lowest BCUT2D eigenvalue weighted by Crippen LogP contribution is -2.44. The third-order valence-corrected chi connectivity index (χ3v) is 4.08. The lowest BCUT2D eigenvalue weighted by Gasteiger charge is -2.23. The molecule has 0 aromatic heterocycles. The maximum atomic E-state index is 12.2. The summed E-state index contributed by atoms with van der Waals surface area (Å²) < 4.78 is 16.5. The summed E-state index contributed by atoms with van der Waals surface area (Å²) in [6.07, 6.45) is 0.664. The zero-order valence-electron chi connectivity index (χ0n) is 14.1. The second kappa shape index (κ2) is 9.20. The van der Waals surface area contributed by atoms with Crippen LogP contribution in [0.25, 0.3) is 0 Å². The number of aryl methyl sites for hydroxylation is 1. The van der Waals surface area contributed by atoms with Gasteiger partial charge in [-0.15, -0.1) is 0 Å². The molecule has 1 N–H and O–H groups in total. The highest BCUT2D eigenvalue weighted by Gasteiger charge is 2.28. The van der Waals surface area contributed by atoms with Crippen LogP contribution in [-0.4, -0.2) is 31.6 Å². The highest BCUT2D eigenvalue weighted by atomic mass is 16.7. The van der Waals surface area contributed by atoms with Gasteiger partial charge in [0.2, 0.25) is 0 Å². The minimum absolute atomic E-state index is 0.241. The number of hydrogen-bond acceptors (Lipinski definition) is 4. The lowest BCUT2D eigenvalue weighted by atomic mass is 10.1. The van der Waals surface area contributed by atoms with Gasteiger partial charge < -0.3 is 19.5 Å². The van der Waals surface area contributed by atoms with Crippen LogP contribution in [-0.2, 0) is 27.2 Å². The number of benzene rings is 2. The number of alkyl carbamates (subject to hydrolysis) is 1. The van der Waals surface area contributed by atoms with E-state index in [-0.39, 0.29) is 12.6 Å². The van der Waals surface area contributed by atoms with Crippen LogP contribution in [0.1, 0.15) is 17.5 Å². The van der Waals surface area contributed by atoms with Crippen LogP contribution in [0, 0.1) is 0 Å². The molecule has 2 aromatic rings. The fraction of sp³-hybridized carbons (Fsp3) is 0.350. The van der Waals surface area contributed by atoms with Gasteiger partial charge in [-0.1, -0.05) is 60.7 Å². The summed E-state index contributed by atoms with van der Waals surface area (Å²) in [6.45, 7) is 1.34. The molecule has 5 nitrogen and oxygen atoms in total. The first kappa shape index (κ1) is 17.5. The number of amides is 1. The van der Waals surface area contributed by atoms with Crippen LogP contribution in [0.15, 0.2) is 60.7 Å². The maximum Gasteiger partial charge on any atom is 0.407 e. The van der Waals surface area contributed by atoms with Crippen LogP contribution in [0.4, 0.5) is 4.79 Å². The van der Waals surface area contributed by atoms with Crippen LogP contribution >= 0.6 is 0 Å². The second-order valence-electron chi connectivity index (χ2n) is 5.95. The van der Waals surface area contributed by atoms with E-state index in [0.717, 1.165) is 18.4 Å². The van der Waals surface area contributed by atoms with E-state index in [9.17, 15) is 4.79 Å². The lowest BCUT2D eigenvalue weighted by molar-refractivity contribution is -0.0681. The van der Waals surface area contributed by atoms with Gasteiger partial charge in [0, 0.05) is 0 Å². The Balaban J connectivity index is 1.52. The first-order valence-corrected chi connectivity index (χ1v) is 8.55. The van der Waals surface area contributed by atoms with Gasteiger partial charge in [0.25, 0.3) is 0 Å². The molecule has 0 saturated carbocycles. The van der Waals surface area contributed by atoms with Crippen LogP contribution in [0.2, 0.25) is 0 Å². The normalized spacial score (nSPS) is 15.7. The van der Waals surface area contributed by atoms with Crippen LogP contribution in [0.3, 0.4) is 0 Å². The number of ether oxygens (including phenoxy) is 3. The zero-order chi connectivity index (χ0) is 17.3. The Hall–Kier alpha value is -2.37. The molecule has 1 saturated heterocycles. The molecule has 1 aliphatic heterocycles. The van der Waals surface area contributed by atoms with Crippen molar-refractivity contribution in [1.29, 1.82) is 0 Å². The van der Waals surface area contributed by atoms with Gasteiger partial charge in [-0.2, -0.15) is 0 Å². The van der Waals surface area contributed by atoms with Crippen molar-refractivity contribution in [3.8, 4) is 0 Å². The van der Waals surface area contributed by atoms with E-state index >= 15 is 0 Å². The van der Waals surface area contributed by atoms with Crippen molar-refractivity contribution in [1.82, 2.24) is 5.32 Å². The van der Waals surface area contributed by atoms with Gasteiger partial charge in [-0.05, 0) is 24.0 Å². The summed E-state index contributed by atoms with van der Waals surface area (Å²) in [5, 5.41) is 2.89. The van der Waals surface area contributed by atoms with Gasteiger partial charge in [0.15, 0.2) is 6.29 Å². The van der Waals surface area contributed by atoms with Crippen molar-refractivity contribution < 1.29 is 19.0 Å². The Morgan fingerprint density at radius 1 is 1.00 bits per heavy atom. The second-order valence-corrected chi connectivity index (χ2v) is 5.95. The predicted molar refractivity (Wildman–Crippen MR) is 94.0 cm³/mol. The Morgan fingerprint density at radius 3 is 2.24 bits per heavy atom. The fourth-order valence-corrected chi connectivity index (χ4v) is 2.77. The number of carbonyl (C=O) groups excluding carboxylic acids is 1. The largest absolute Gasteiger partial charge is 0.445 e. The van der Waals surface area contributed by atoms with E-state index < -0.39 is 12.4 Å². The summed E-state index contributed by atoms with van der Waals surface area (Å²) in [7, 11) is 0. The molecule has 1 fully saturated rings. The topological polar surface area (TPSA) is 56.8 Å². The standard InChI is InChI=1S/C20H23NO4/c22-20(25-15-17-9-5-2-6-10-17)21-18(19-23-13-14-24-19)12-11-16-7-3-1-4-8-16/h1-10,18-19H,11-15H2,(H,21,22)/t18-/m0/s1. The Morgan fingerprint density at radius 2 is 1.60 bits per heavy atom. The smallest absolute Gasteiger partial charge is 0.407 e.